The van der Waals surface area contributed by atoms with E-state index in [0.29, 0.717) is 0 Å². The van der Waals surface area contributed by atoms with Gasteiger partial charge in [0, 0.05) is 5.56 Å². The van der Waals surface area contributed by atoms with Crippen LogP contribution in [0, 0.1) is 29.1 Å². The number of aromatic nitrogens is 1. The van der Waals surface area contributed by atoms with Gasteiger partial charge in [-0.2, -0.15) is 0 Å². The van der Waals surface area contributed by atoms with E-state index < -0.39 is 47.0 Å². The molecule has 0 fully saturated rings. The smallest absolute Gasteiger partial charge is 0.200 e. The number of nitrogen functional groups attached to an aromatic ring is 1. The Morgan fingerprint density at radius 3 is 1.95 bits per heavy atom. The number of aliphatic hydroxyl groups is 1. The quantitative estimate of drug-likeness (QED) is 0.507. The van der Waals surface area contributed by atoms with Crippen molar-refractivity contribution in [2.45, 2.75) is 6.61 Å². The molecule has 8 heteroatoms. The summed E-state index contributed by atoms with van der Waals surface area (Å²) in [7, 11) is 0. The van der Waals surface area contributed by atoms with Gasteiger partial charge < -0.3 is 10.8 Å². The topological polar surface area (TPSA) is 59.1 Å². The number of rotatable bonds is 2. The zero-order chi connectivity index (χ0) is 15.0. The minimum absolute atomic E-state index is 0.0710. The second-order valence-electron chi connectivity index (χ2n) is 3.88. The van der Waals surface area contributed by atoms with E-state index in [-0.39, 0.29) is 11.3 Å². The predicted molar refractivity (Wildman–Crippen MR) is 59.8 cm³/mol. The molecule has 0 aliphatic rings. The lowest BCUT2D eigenvalue weighted by molar-refractivity contribution is 0.282. The molecule has 3 N–H and O–H groups in total. The highest BCUT2D eigenvalue weighted by molar-refractivity contribution is 5.66. The van der Waals surface area contributed by atoms with Crippen molar-refractivity contribution in [1.29, 1.82) is 0 Å². The molecule has 2 aromatic rings. The van der Waals surface area contributed by atoms with Crippen molar-refractivity contribution in [3.63, 3.8) is 0 Å². The molecule has 0 aliphatic heterocycles. The van der Waals surface area contributed by atoms with Crippen molar-refractivity contribution < 1.29 is 27.1 Å². The van der Waals surface area contributed by atoms with Gasteiger partial charge in [-0.05, 0) is 6.07 Å². The first-order valence-electron chi connectivity index (χ1n) is 5.25. The highest BCUT2D eigenvalue weighted by Crippen LogP contribution is 2.32. The molecule has 0 aliphatic carbocycles. The van der Waals surface area contributed by atoms with Gasteiger partial charge in [-0.25, -0.2) is 22.0 Å². The summed E-state index contributed by atoms with van der Waals surface area (Å²) in [5, 5.41) is 9.08. The third-order valence-corrected chi connectivity index (χ3v) is 2.60. The minimum atomic E-state index is -2.26. The Balaban J connectivity index is 2.83. The monoisotopic (exact) mass is 290 g/mol. The van der Waals surface area contributed by atoms with Crippen LogP contribution >= 0.6 is 0 Å². The van der Waals surface area contributed by atoms with Crippen molar-refractivity contribution in [2.24, 2.45) is 0 Å². The van der Waals surface area contributed by atoms with Crippen molar-refractivity contribution in [1.82, 2.24) is 4.98 Å². The summed E-state index contributed by atoms with van der Waals surface area (Å²) in [5.74, 6) is -10.5. The molecule has 0 radical (unpaired) electrons. The standard InChI is InChI=1S/C12H7F5N2O/c13-7-6(8(14)10(16)11(17)9(7)15)12-4(3-20)1-5(18)2-19-12/h1-2,20H,3,18H2. The number of aliphatic hydroxyl groups excluding tert-OH is 1. The molecule has 0 bridgehead atoms. The Bertz CT molecular complexity index is 661. The van der Waals surface area contributed by atoms with Gasteiger partial charge in [-0.15, -0.1) is 0 Å². The Hall–Kier alpha value is -2.22. The lowest BCUT2D eigenvalue weighted by Gasteiger charge is -2.11. The molecule has 0 saturated carbocycles. The molecule has 0 spiro atoms. The SMILES string of the molecule is Nc1cnc(-c2c(F)c(F)c(F)c(F)c2F)c(CO)c1. The molecule has 1 aromatic heterocycles. The van der Waals surface area contributed by atoms with Crippen LogP contribution in [0.3, 0.4) is 0 Å². The first-order chi connectivity index (χ1) is 9.38. The average molecular weight is 290 g/mol. The van der Waals surface area contributed by atoms with Crippen LogP contribution in [0.1, 0.15) is 5.56 Å². The third kappa shape index (κ3) is 2.07. The van der Waals surface area contributed by atoms with E-state index in [4.69, 9.17) is 10.8 Å². The lowest BCUT2D eigenvalue weighted by Crippen LogP contribution is -2.07. The summed E-state index contributed by atoms with van der Waals surface area (Å²) < 4.78 is 66.5. The Morgan fingerprint density at radius 1 is 0.950 bits per heavy atom. The molecule has 2 rings (SSSR count). The second-order valence-corrected chi connectivity index (χ2v) is 3.88. The maximum absolute atomic E-state index is 13.6. The molecule has 0 atom stereocenters. The summed E-state index contributed by atoms with van der Waals surface area (Å²) >= 11 is 0. The number of nitrogens with zero attached hydrogens (tertiary/aromatic N) is 1. The number of pyridine rings is 1. The van der Waals surface area contributed by atoms with Gasteiger partial charge in [0.15, 0.2) is 23.3 Å². The van der Waals surface area contributed by atoms with E-state index in [1.165, 1.54) is 0 Å². The van der Waals surface area contributed by atoms with Crippen molar-refractivity contribution in [3.05, 3.63) is 46.9 Å². The van der Waals surface area contributed by atoms with Gasteiger partial charge in [-0.1, -0.05) is 0 Å². The summed E-state index contributed by atoms with van der Waals surface area (Å²) in [6, 6.07) is 1.13. The van der Waals surface area contributed by atoms with Crippen LogP contribution in [0.25, 0.3) is 11.3 Å². The van der Waals surface area contributed by atoms with Crippen LogP contribution in [0.15, 0.2) is 12.3 Å². The maximum atomic E-state index is 13.6. The number of halogens is 5. The normalized spacial score (nSPS) is 10.9. The lowest BCUT2D eigenvalue weighted by atomic mass is 10.0. The fourth-order valence-corrected chi connectivity index (χ4v) is 1.69. The summed E-state index contributed by atoms with van der Waals surface area (Å²) in [5.41, 5.74) is 3.52. The number of hydrogen-bond donors (Lipinski definition) is 2. The summed E-state index contributed by atoms with van der Waals surface area (Å²) in [4.78, 5) is 3.53. The molecular formula is C12H7F5N2O. The fraction of sp³-hybridized carbons (Fsp3) is 0.0833. The van der Waals surface area contributed by atoms with E-state index in [1.807, 2.05) is 0 Å². The van der Waals surface area contributed by atoms with Gasteiger partial charge >= 0.3 is 0 Å². The Labute approximate surface area is 109 Å². The van der Waals surface area contributed by atoms with Gasteiger partial charge in [-0.3, -0.25) is 4.98 Å². The fourth-order valence-electron chi connectivity index (χ4n) is 1.69. The van der Waals surface area contributed by atoms with E-state index in [2.05, 4.69) is 4.98 Å². The summed E-state index contributed by atoms with van der Waals surface area (Å²) in [6.07, 6.45) is 0.979. The molecule has 0 unspecified atom stereocenters. The van der Waals surface area contributed by atoms with Crippen LogP contribution in [0.5, 0.6) is 0 Å². The summed E-state index contributed by atoms with van der Waals surface area (Å²) in [6.45, 7) is -0.729. The van der Waals surface area contributed by atoms with Crippen LogP contribution < -0.4 is 5.73 Å². The minimum Gasteiger partial charge on any atom is -0.397 e. The molecule has 20 heavy (non-hydrogen) atoms. The first kappa shape index (κ1) is 14.2. The molecule has 0 amide bonds. The highest BCUT2D eigenvalue weighted by Gasteiger charge is 2.28. The highest BCUT2D eigenvalue weighted by atomic mass is 19.2. The van der Waals surface area contributed by atoms with E-state index in [0.717, 1.165) is 12.3 Å². The second kappa shape index (κ2) is 5.04. The van der Waals surface area contributed by atoms with E-state index in [1.54, 1.807) is 0 Å². The largest absolute Gasteiger partial charge is 0.397 e. The van der Waals surface area contributed by atoms with Crippen LogP contribution in [-0.4, -0.2) is 10.1 Å². The molecule has 0 saturated heterocycles. The van der Waals surface area contributed by atoms with Gasteiger partial charge in [0.25, 0.3) is 0 Å². The number of benzene rings is 1. The van der Waals surface area contributed by atoms with Gasteiger partial charge in [0.1, 0.15) is 0 Å². The molecular weight excluding hydrogens is 283 g/mol. The average Bonchev–Trinajstić information content (AvgIpc) is 2.44. The zero-order valence-electron chi connectivity index (χ0n) is 9.72. The molecule has 1 heterocycles. The number of nitrogens with two attached hydrogens (primary N) is 1. The van der Waals surface area contributed by atoms with Crippen LogP contribution in [0.4, 0.5) is 27.6 Å². The van der Waals surface area contributed by atoms with Crippen molar-refractivity contribution in [3.8, 4) is 11.3 Å². The molecule has 106 valence electrons. The third-order valence-electron chi connectivity index (χ3n) is 2.60. The van der Waals surface area contributed by atoms with E-state index in [9.17, 15) is 22.0 Å². The predicted octanol–water partition coefficient (Wildman–Crippen LogP) is 2.52. The van der Waals surface area contributed by atoms with Crippen LogP contribution in [-0.2, 0) is 6.61 Å². The zero-order valence-corrected chi connectivity index (χ0v) is 9.72. The van der Waals surface area contributed by atoms with Gasteiger partial charge in [0.05, 0.1) is 29.7 Å². The molecule has 3 nitrogen and oxygen atoms in total. The number of hydrogen-bond acceptors (Lipinski definition) is 3. The molecule has 1 aromatic carbocycles. The number of anilines is 1. The van der Waals surface area contributed by atoms with Crippen molar-refractivity contribution in [2.75, 3.05) is 5.73 Å². The Morgan fingerprint density at radius 2 is 1.45 bits per heavy atom. The van der Waals surface area contributed by atoms with E-state index >= 15 is 0 Å². The maximum Gasteiger partial charge on any atom is 0.200 e. The Kier molecular flexibility index (Phi) is 3.58. The van der Waals surface area contributed by atoms with Crippen LogP contribution in [0.2, 0.25) is 0 Å². The first-order valence-corrected chi connectivity index (χ1v) is 5.25. The van der Waals surface area contributed by atoms with Crippen molar-refractivity contribution >= 4 is 5.69 Å². The van der Waals surface area contributed by atoms with Gasteiger partial charge in [0.2, 0.25) is 5.82 Å².